The lowest BCUT2D eigenvalue weighted by Gasteiger charge is -2.30. The fraction of sp³-hybridized carbons (Fsp3) is 0.400. The maximum Gasteiger partial charge on any atom is 0.293 e. The molecule has 0 aromatic heterocycles. The summed E-state index contributed by atoms with van der Waals surface area (Å²) >= 11 is 0. The number of anilines is 1. The number of hydrogen-bond acceptors (Lipinski definition) is 6. The molecule has 0 saturated carbocycles. The fourth-order valence-electron chi connectivity index (χ4n) is 3.49. The van der Waals surface area contributed by atoms with Gasteiger partial charge in [0, 0.05) is 25.7 Å². The van der Waals surface area contributed by atoms with E-state index in [9.17, 15) is 23.6 Å². The predicted molar refractivity (Wildman–Crippen MR) is 110 cm³/mol. The molecular formula is C20H25N3O5S. The summed E-state index contributed by atoms with van der Waals surface area (Å²) in [6.45, 7) is 2.89. The van der Waals surface area contributed by atoms with Crippen LogP contribution in [0, 0.1) is 16.0 Å². The van der Waals surface area contributed by atoms with Crippen molar-refractivity contribution in [3.63, 3.8) is 0 Å². The van der Waals surface area contributed by atoms with Crippen LogP contribution in [0.3, 0.4) is 0 Å². The Hall–Kier alpha value is -2.49. The molecule has 0 bridgehead atoms. The highest BCUT2D eigenvalue weighted by atomic mass is 32.2. The van der Waals surface area contributed by atoms with Crippen LogP contribution in [0.1, 0.15) is 31.4 Å². The summed E-state index contributed by atoms with van der Waals surface area (Å²) in [4.78, 5) is 10.8. The minimum Gasteiger partial charge on any atom is -0.387 e. The molecule has 1 aliphatic heterocycles. The van der Waals surface area contributed by atoms with E-state index < -0.39 is 21.1 Å². The summed E-state index contributed by atoms with van der Waals surface area (Å²) in [7, 11) is -3.79. The standard InChI is InChI=1S/C20H25N3O5S/c1-15-6-5-11-22(14-15)29(27,28)17-9-10-18(19(12-17)23(25)26)21-13-20(24)16-7-3-2-4-8-16/h2-4,7-10,12,15,20-21,24H,5-6,11,13-14H2,1H3/t15-,20-/m0/s1. The minimum absolute atomic E-state index is 0.0561. The third-order valence-electron chi connectivity index (χ3n) is 5.09. The van der Waals surface area contributed by atoms with E-state index in [1.54, 1.807) is 24.3 Å². The van der Waals surface area contributed by atoms with Gasteiger partial charge in [-0.1, -0.05) is 37.3 Å². The highest BCUT2D eigenvalue weighted by Gasteiger charge is 2.30. The molecule has 2 aromatic carbocycles. The van der Waals surface area contributed by atoms with Crippen molar-refractivity contribution in [3.8, 4) is 0 Å². The third-order valence-corrected chi connectivity index (χ3v) is 6.95. The van der Waals surface area contributed by atoms with Crippen molar-refractivity contribution in [2.45, 2.75) is 30.8 Å². The average molecular weight is 420 g/mol. The van der Waals surface area contributed by atoms with Gasteiger partial charge >= 0.3 is 0 Å². The van der Waals surface area contributed by atoms with Crippen LogP contribution in [0.2, 0.25) is 0 Å². The van der Waals surface area contributed by atoms with Gasteiger partial charge in [0.2, 0.25) is 10.0 Å². The second-order valence-corrected chi connectivity index (χ2v) is 9.29. The molecular weight excluding hydrogens is 394 g/mol. The van der Waals surface area contributed by atoms with Crippen LogP contribution in [0.4, 0.5) is 11.4 Å². The Morgan fingerprint density at radius 1 is 1.28 bits per heavy atom. The zero-order valence-corrected chi connectivity index (χ0v) is 17.0. The van der Waals surface area contributed by atoms with Crippen LogP contribution in [-0.4, -0.2) is 42.4 Å². The molecule has 1 aliphatic rings. The second kappa shape index (κ2) is 8.89. The summed E-state index contributed by atoms with van der Waals surface area (Å²) < 4.78 is 27.2. The number of sulfonamides is 1. The molecule has 1 saturated heterocycles. The topological polar surface area (TPSA) is 113 Å². The zero-order valence-electron chi connectivity index (χ0n) is 16.2. The van der Waals surface area contributed by atoms with Gasteiger partial charge < -0.3 is 10.4 Å². The van der Waals surface area contributed by atoms with Gasteiger partial charge in [-0.3, -0.25) is 10.1 Å². The van der Waals surface area contributed by atoms with Crippen molar-refractivity contribution in [2.75, 3.05) is 25.0 Å². The number of aliphatic hydroxyl groups is 1. The van der Waals surface area contributed by atoms with Gasteiger partial charge in [0.15, 0.2) is 0 Å². The molecule has 0 unspecified atom stereocenters. The van der Waals surface area contributed by atoms with E-state index in [1.807, 2.05) is 13.0 Å². The van der Waals surface area contributed by atoms with E-state index in [4.69, 9.17) is 0 Å². The zero-order chi connectivity index (χ0) is 21.0. The lowest BCUT2D eigenvalue weighted by molar-refractivity contribution is -0.384. The first kappa shape index (κ1) is 21.2. The fourth-order valence-corrected chi connectivity index (χ4v) is 5.10. The molecule has 1 heterocycles. The Morgan fingerprint density at radius 3 is 2.66 bits per heavy atom. The van der Waals surface area contributed by atoms with Crippen LogP contribution >= 0.6 is 0 Å². The normalized spacial score (nSPS) is 18.9. The maximum absolute atomic E-state index is 12.9. The van der Waals surface area contributed by atoms with Gasteiger partial charge in [0.1, 0.15) is 5.69 Å². The Labute approximate surface area is 170 Å². The van der Waals surface area contributed by atoms with Gasteiger partial charge in [-0.15, -0.1) is 0 Å². The second-order valence-electron chi connectivity index (χ2n) is 7.35. The molecule has 2 aromatic rings. The number of hydrogen-bond donors (Lipinski definition) is 2. The van der Waals surface area contributed by atoms with Crippen molar-refractivity contribution >= 4 is 21.4 Å². The van der Waals surface area contributed by atoms with Gasteiger partial charge in [-0.2, -0.15) is 4.31 Å². The first-order chi connectivity index (χ1) is 13.8. The molecule has 0 spiro atoms. The number of piperidine rings is 1. The Kier molecular flexibility index (Phi) is 6.51. The highest BCUT2D eigenvalue weighted by molar-refractivity contribution is 7.89. The van der Waals surface area contributed by atoms with Gasteiger partial charge in [0.25, 0.3) is 5.69 Å². The summed E-state index contributed by atoms with van der Waals surface area (Å²) in [6, 6.07) is 12.8. The third kappa shape index (κ3) is 4.92. The van der Waals surface area contributed by atoms with Crippen LogP contribution < -0.4 is 5.32 Å². The molecule has 156 valence electrons. The van der Waals surface area contributed by atoms with Gasteiger partial charge in [-0.05, 0) is 36.5 Å². The average Bonchev–Trinajstić information content (AvgIpc) is 2.72. The highest BCUT2D eigenvalue weighted by Crippen LogP contribution is 2.31. The molecule has 9 heteroatoms. The van der Waals surface area contributed by atoms with Crippen LogP contribution in [-0.2, 0) is 10.0 Å². The largest absolute Gasteiger partial charge is 0.387 e. The molecule has 1 fully saturated rings. The molecule has 2 N–H and O–H groups in total. The number of nitrogens with one attached hydrogen (secondary N) is 1. The van der Waals surface area contributed by atoms with E-state index in [0.29, 0.717) is 18.7 Å². The minimum atomic E-state index is -3.79. The molecule has 29 heavy (non-hydrogen) atoms. The van der Waals surface area contributed by atoms with Gasteiger partial charge in [-0.25, -0.2) is 8.42 Å². The number of rotatable bonds is 7. The van der Waals surface area contributed by atoms with Gasteiger partial charge in [0.05, 0.1) is 15.9 Å². The van der Waals surface area contributed by atoms with Crippen molar-refractivity contribution in [3.05, 3.63) is 64.2 Å². The van der Waals surface area contributed by atoms with E-state index in [2.05, 4.69) is 5.32 Å². The number of nitrogens with zero attached hydrogens (tertiary/aromatic N) is 2. The summed E-state index contributed by atoms with van der Waals surface area (Å²) in [5.41, 5.74) is 0.508. The maximum atomic E-state index is 12.9. The summed E-state index contributed by atoms with van der Waals surface area (Å²) in [5, 5.41) is 24.7. The van der Waals surface area contributed by atoms with E-state index in [1.165, 1.54) is 16.4 Å². The number of benzene rings is 2. The first-order valence-corrected chi connectivity index (χ1v) is 11.0. The van der Waals surface area contributed by atoms with E-state index in [0.717, 1.165) is 18.9 Å². The molecule has 0 radical (unpaired) electrons. The molecule has 2 atom stereocenters. The number of nitro benzene ring substituents is 1. The smallest absolute Gasteiger partial charge is 0.293 e. The van der Waals surface area contributed by atoms with Crippen LogP contribution in [0.25, 0.3) is 0 Å². The first-order valence-electron chi connectivity index (χ1n) is 9.54. The monoisotopic (exact) mass is 419 g/mol. The van der Waals surface area contributed by atoms with Crippen molar-refractivity contribution in [2.24, 2.45) is 5.92 Å². The SMILES string of the molecule is C[C@H]1CCCN(S(=O)(=O)c2ccc(NC[C@H](O)c3ccccc3)c([N+](=O)[O-])c2)C1. The Bertz CT molecular complexity index is 965. The lowest BCUT2D eigenvalue weighted by atomic mass is 10.0. The van der Waals surface area contributed by atoms with Crippen LogP contribution in [0.5, 0.6) is 0 Å². The summed E-state index contributed by atoms with van der Waals surface area (Å²) in [5.74, 6) is 0.258. The number of nitro groups is 1. The van der Waals surface area contributed by atoms with E-state index in [-0.39, 0.29) is 28.7 Å². The van der Waals surface area contributed by atoms with Crippen LogP contribution in [0.15, 0.2) is 53.4 Å². The van der Waals surface area contributed by atoms with E-state index >= 15 is 0 Å². The van der Waals surface area contributed by atoms with Crippen molar-refractivity contribution < 1.29 is 18.4 Å². The molecule has 0 amide bonds. The van der Waals surface area contributed by atoms with Crippen molar-refractivity contribution in [1.82, 2.24) is 4.31 Å². The summed E-state index contributed by atoms with van der Waals surface area (Å²) in [6.07, 6.45) is 0.896. The molecule has 0 aliphatic carbocycles. The lowest BCUT2D eigenvalue weighted by Crippen LogP contribution is -2.39. The Morgan fingerprint density at radius 2 is 2.00 bits per heavy atom. The molecule has 3 rings (SSSR count). The quantitative estimate of drug-likeness (QED) is 0.526. The van der Waals surface area contributed by atoms with Crippen molar-refractivity contribution in [1.29, 1.82) is 0 Å². The Balaban J connectivity index is 1.81. The molecule has 8 nitrogen and oxygen atoms in total. The number of aliphatic hydroxyl groups excluding tert-OH is 1. The predicted octanol–water partition coefficient (Wildman–Crippen LogP) is 3.16.